The minimum absolute atomic E-state index is 0.0566. The van der Waals surface area contributed by atoms with E-state index in [2.05, 4.69) is 21.3 Å². The van der Waals surface area contributed by atoms with Crippen molar-refractivity contribution in [3.8, 4) is 0 Å². The molecule has 0 bridgehead atoms. The van der Waals surface area contributed by atoms with Crippen LogP contribution >= 0.6 is 11.6 Å². The molecule has 2 fully saturated rings. The van der Waals surface area contributed by atoms with Crippen LogP contribution in [0.5, 0.6) is 0 Å². The first-order chi connectivity index (χ1) is 22.3. The third-order valence-electron chi connectivity index (χ3n) is 9.01. The summed E-state index contributed by atoms with van der Waals surface area (Å²) in [5, 5.41) is 11.7. The highest BCUT2D eigenvalue weighted by atomic mass is 35.5. The second-order valence-electron chi connectivity index (χ2n) is 13.8. The van der Waals surface area contributed by atoms with Crippen LogP contribution in [-0.4, -0.2) is 42.2 Å². The van der Waals surface area contributed by atoms with Crippen LogP contribution in [0.1, 0.15) is 98.4 Å². The van der Waals surface area contributed by atoms with Gasteiger partial charge >= 0.3 is 12.4 Å². The fourth-order valence-corrected chi connectivity index (χ4v) is 6.25. The molecule has 3 amide bonds. The largest absolute Gasteiger partial charge is 0.391 e. The maximum atomic E-state index is 13.6. The summed E-state index contributed by atoms with van der Waals surface area (Å²) >= 11 is 6.33. The van der Waals surface area contributed by atoms with E-state index < -0.39 is 47.5 Å². The lowest BCUT2D eigenvalue weighted by Gasteiger charge is -2.32. The normalized spacial score (nSPS) is 22.0. The molecule has 0 heterocycles. The van der Waals surface area contributed by atoms with Gasteiger partial charge in [-0.25, -0.2) is 0 Å². The first-order valence-corrected chi connectivity index (χ1v) is 16.4. The number of hydrogen-bond donors (Lipinski definition) is 4. The van der Waals surface area contributed by atoms with Gasteiger partial charge in [-0.15, -0.1) is 0 Å². The summed E-state index contributed by atoms with van der Waals surface area (Å²) in [6, 6.07) is 8.41. The summed E-state index contributed by atoms with van der Waals surface area (Å²) in [5.74, 6) is -4.16. The van der Waals surface area contributed by atoms with E-state index in [4.69, 9.17) is 11.6 Å². The molecule has 0 unspecified atom stereocenters. The van der Waals surface area contributed by atoms with Crippen molar-refractivity contribution in [3.63, 3.8) is 0 Å². The molecule has 48 heavy (non-hydrogen) atoms. The Hall–Kier alpha value is -3.48. The fraction of sp³-hybridized carbons (Fsp3) is 0.559. The van der Waals surface area contributed by atoms with Crippen LogP contribution in [-0.2, 0) is 11.3 Å². The summed E-state index contributed by atoms with van der Waals surface area (Å²) < 4.78 is 79.2. The number of anilines is 2. The zero-order chi connectivity index (χ0) is 35.4. The van der Waals surface area contributed by atoms with Gasteiger partial charge in [0.15, 0.2) is 0 Å². The van der Waals surface area contributed by atoms with Gasteiger partial charge in [-0.2, -0.15) is 26.3 Å². The van der Waals surface area contributed by atoms with E-state index in [-0.39, 0.29) is 91.7 Å². The third-order valence-corrected chi connectivity index (χ3v) is 9.34. The Morgan fingerprint density at radius 2 is 1.29 bits per heavy atom. The van der Waals surface area contributed by atoms with Crippen LogP contribution in [0.2, 0.25) is 5.02 Å². The first kappa shape index (κ1) is 37.3. The molecule has 2 aliphatic rings. The Kier molecular flexibility index (Phi) is 11.6. The van der Waals surface area contributed by atoms with Crippen LogP contribution in [0.25, 0.3) is 0 Å². The molecule has 264 valence electrons. The van der Waals surface area contributed by atoms with E-state index in [1.54, 1.807) is 39.0 Å². The predicted molar refractivity (Wildman–Crippen MR) is 172 cm³/mol. The maximum Gasteiger partial charge on any atom is 0.391 e. The lowest BCUT2D eigenvalue weighted by atomic mass is 9.85. The maximum absolute atomic E-state index is 13.6. The standard InChI is InChI=1S/C34H41ClF6N4O3/c1-32(2,3)31(48)42-18-19-4-14-27(35)25(16-19)29(46)45-24-13-15-28(43-22-9-5-20(6-10-22)33(36,37)38)26(17-24)30(47)44-23-11-7-21(8-12-23)34(39,40)41/h4,13-17,20-23,43H,5-12,18H2,1-3H3,(H,42,48)(H,44,47)(H,45,46). The van der Waals surface area contributed by atoms with E-state index in [1.807, 2.05) is 0 Å². The van der Waals surface area contributed by atoms with E-state index in [0.717, 1.165) is 0 Å². The smallest absolute Gasteiger partial charge is 0.382 e. The van der Waals surface area contributed by atoms with Crippen molar-refractivity contribution in [2.24, 2.45) is 17.3 Å². The van der Waals surface area contributed by atoms with Crippen LogP contribution in [0, 0.1) is 17.3 Å². The van der Waals surface area contributed by atoms with E-state index >= 15 is 0 Å². The van der Waals surface area contributed by atoms with Gasteiger partial charge in [-0.1, -0.05) is 38.4 Å². The Labute approximate surface area is 280 Å². The Morgan fingerprint density at radius 1 is 0.729 bits per heavy atom. The Bertz CT molecular complexity index is 1470. The Balaban J connectivity index is 1.51. The van der Waals surface area contributed by atoms with Gasteiger partial charge in [0.25, 0.3) is 11.8 Å². The molecule has 0 aromatic heterocycles. The summed E-state index contributed by atoms with van der Waals surface area (Å²) in [6.45, 7) is 5.48. The zero-order valence-corrected chi connectivity index (χ0v) is 27.8. The van der Waals surface area contributed by atoms with Crippen LogP contribution in [0.4, 0.5) is 37.7 Å². The molecular formula is C34H41ClF6N4O3. The van der Waals surface area contributed by atoms with Gasteiger partial charge in [-0.05, 0) is 87.3 Å². The number of nitrogens with one attached hydrogen (secondary N) is 4. The third kappa shape index (κ3) is 10.0. The SMILES string of the molecule is CC(C)(C)C(=O)NCc1ccc(Cl)c(C(=O)Nc2ccc(NC3CCC(C(F)(F)F)CC3)c(C(=O)NC3CCC(C(F)(F)F)CC3)c2)c1. The minimum Gasteiger partial charge on any atom is -0.382 e. The number of carbonyl (C=O) groups is 3. The lowest BCUT2D eigenvalue weighted by molar-refractivity contribution is -0.183. The van der Waals surface area contributed by atoms with Crippen molar-refractivity contribution in [1.82, 2.24) is 10.6 Å². The van der Waals surface area contributed by atoms with Crippen LogP contribution < -0.4 is 21.3 Å². The molecule has 0 atom stereocenters. The van der Waals surface area contributed by atoms with Gasteiger partial charge in [0.2, 0.25) is 5.91 Å². The highest BCUT2D eigenvalue weighted by Gasteiger charge is 2.42. The van der Waals surface area contributed by atoms with Crippen molar-refractivity contribution in [2.45, 2.75) is 103 Å². The van der Waals surface area contributed by atoms with Gasteiger partial charge < -0.3 is 21.3 Å². The summed E-state index contributed by atoms with van der Waals surface area (Å²) in [6.07, 6.45) is -8.17. The van der Waals surface area contributed by atoms with Crippen LogP contribution in [0.3, 0.4) is 0 Å². The lowest BCUT2D eigenvalue weighted by Crippen LogP contribution is -2.40. The predicted octanol–water partition coefficient (Wildman–Crippen LogP) is 8.64. The highest BCUT2D eigenvalue weighted by Crippen LogP contribution is 2.39. The number of carbonyl (C=O) groups excluding carboxylic acids is 3. The summed E-state index contributed by atoms with van der Waals surface area (Å²) in [5.41, 5.74) is 0.785. The number of amides is 3. The fourth-order valence-electron chi connectivity index (χ4n) is 6.05. The molecule has 0 radical (unpaired) electrons. The van der Waals surface area contributed by atoms with E-state index in [0.29, 0.717) is 11.3 Å². The average Bonchev–Trinajstić information content (AvgIpc) is 3.00. The average molecular weight is 703 g/mol. The molecule has 7 nitrogen and oxygen atoms in total. The molecule has 0 spiro atoms. The van der Waals surface area contributed by atoms with Gasteiger partial charge in [0.05, 0.1) is 28.0 Å². The molecular weight excluding hydrogens is 662 g/mol. The van der Waals surface area contributed by atoms with Crippen molar-refractivity contribution in [1.29, 1.82) is 0 Å². The van der Waals surface area contributed by atoms with Gasteiger partial charge in [0.1, 0.15) is 0 Å². The molecule has 0 aliphatic heterocycles. The molecule has 4 N–H and O–H groups in total. The number of halogens is 7. The van der Waals surface area contributed by atoms with Crippen molar-refractivity contribution in [3.05, 3.63) is 58.1 Å². The van der Waals surface area contributed by atoms with Gasteiger partial charge in [-0.3, -0.25) is 14.4 Å². The molecule has 2 saturated carbocycles. The molecule has 2 aromatic rings. The number of rotatable bonds is 8. The monoisotopic (exact) mass is 702 g/mol. The van der Waals surface area contributed by atoms with Crippen molar-refractivity contribution >= 4 is 40.7 Å². The van der Waals surface area contributed by atoms with E-state index in [1.165, 1.54) is 18.2 Å². The van der Waals surface area contributed by atoms with E-state index in [9.17, 15) is 40.7 Å². The number of alkyl halides is 6. The highest BCUT2D eigenvalue weighted by molar-refractivity contribution is 6.34. The second-order valence-corrected chi connectivity index (χ2v) is 14.2. The summed E-state index contributed by atoms with van der Waals surface area (Å²) in [4.78, 5) is 39.2. The Morgan fingerprint density at radius 3 is 1.83 bits per heavy atom. The first-order valence-electron chi connectivity index (χ1n) is 16.0. The van der Waals surface area contributed by atoms with Crippen molar-refractivity contribution in [2.75, 3.05) is 10.6 Å². The number of benzene rings is 2. The number of hydrogen-bond acceptors (Lipinski definition) is 4. The second kappa shape index (κ2) is 15.0. The topological polar surface area (TPSA) is 99.3 Å². The zero-order valence-electron chi connectivity index (χ0n) is 27.0. The molecule has 0 saturated heterocycles. The molecule has 4 rings (SSSR count). The quantitative estimate of drug-likeness (QED) is 0.207. The van der Waals surface area contributed by atoms with Gasteiger partial charge in [0, 0.05) is 35.4 Å². The minimum atomic E-state index is -4.30. The van der Waals surface area contributed by atoms with Crippen molar-refractivity contribution < 1.29 is 40.7 Å². The molecule has 14 heteroatoms. The summed E-state index contributed by atoms with van der Waals surface area (Å²) in [7, 11) is 0. The van der Waals surface area contributed by atoms with Crippen LogP contribution in [0.15, 0.2) is 36.4 Å². The molecule has 2 aromatic carbocycles. The molecule has 2 aliphatic carbocycles.